The highest BCUT2D eigenvalue weighted by Crippen LogP contribution is 2.24. The summed E-state index contributed by atoms with van der Waals surface area (Å²) in [6, 6.07) is 15.4. The van der Waals surface area contributed by atoms with E-state index in [4.69, 9.17) is 0 Å². The van der Waals surface area contributed by atoms with Crippen molar-refractivity contribution in [1.82, 2.24) is 15.0 Å². The van der Waals surface area contributed by atoms with Crippen molar-refractivity contribution in [3.8, 4) is 0 Å². The predicted molar refractivity (Wildman–Crippen MR) is 85.1 cm³/mol. The van der Waals surface area contributed by atoms with Gasteiger partial charge in [0.15, 0.2) is 0 Å². The van der Waals surface area contributed by atoms with Crippen LogP contribution in [0, 0.1) is 0 Å². The van der Waals surface area contributed by atoms with E-state index >= 15 is 0 Å². The molecule has 0 bridgehead atoms. The fourth-order valence-electron chi connectivity index (χ4n) is 2.31. The van der Waals surface area contributed by atoms with E-state index in [9.17, 15) is 4.79 Å². The van der Waals surface area contributed by atoms with E-state index in [1.807, 2.05) is 48.5 Å². The Morgan fingerprint density at radius 1 is 1.10 bits per heavy atom. The van der Waals surface area contributed by atoms with Gasteiger partial charge in [-0.15, -0.1) is 0 Å². The van der Waals surface area contributed by atoms with Crippen LogP contribution in [0.25, 0.3) is 11.0 Å². The Morgan fingerprint density at radius 2 is 1.67 bits per heavy atom. The third-order valence-corrected chi connectivity index (χ3v) is 3.85. The summed E-state index contributed by atoms with van der Waals surface area (Å²) in [5.41, 5.74) is 2.69. The molecule has 1 aromatic heterocycles. The minimum Gasteiger partial charge on any atom is -0.300 e. The van der Waals surface area contributed by atoms with Crippen LogP contribution in [0.5, 0.6) is 0 Å². The molecule has 21 heavy (non-hydrogen) atoms. The number of carbonyl (C=O) groups excluding carboxylic acids is 1. The van der Waals surface area contributed by atoms with Crippen molar-refractivity contribution in [2.24, 2.45) is 0 Å². The van der Waals surface area contributed by atoms with Crippen LogP contribution in [0.3, 0.4) is 0 Å². The van der Waals surface area contributed by atoms with Crippen LogP contribution < -0.4 is 0 Å². The lowest BCUT2D eigenvalue weighted by Gasteiger charge is -2.15. The summed E-state index contributed by atoms with van der Waals surface area (Å²) in [5, 5.41) is 9.01. The number of Topliss-reactive ketones (excluding diaryl/α,β-unsaturated/α-hetero) is 1. The maximum absolute atomic E-state index is 11.6. The van der Waals surface area contributed by atoms with Crippen LogP contribution in [-0.2, 0) is 4.79 Å². The molecular weight excluding hydrogens is 330 g/mol. The largest absolute Gasteiger partial charge is 0.300 e. The molecule has 0 aliphatic heterocycles. The first-order valence-electron chi connectivity index (χ1n) is 6.70. The summed E-state index contributed by atoms with van der Waals surface area (Å²) in [5.74, 6) is 0.115. The predicted octanol–water partition coefficient (Wildman–Crippen LogP) is 3.76. The number of ketones is 1. The van der Waals surface area contributed by atoms with E-state index in [1.165, 1.54) is 0 Å². The van der Waals surface area contributed by atoms with Crippen molar-refractivity contribution < 1.29 is 4.79 Å². The van der Waals surface area contributed by atoms with Crippen molar-refractivity contribution in [2.75, 3.05) is 0 Å². The average Bonchev–Trinajstić information content (AvgIpc) is 2.89. The monoisotopic (exact) mass is 343 g/mol. The summed E-state index contributed by atoms with van der Waals surface area (Å²) in [7, 11) is 0. The number of halogens is 1. The quantitative estimate of drug-likeness (QED) is 0.724. The number of rotatable bonds is 4. The third-order valence-electron chi connectivity index (χ3n) is 3.32. The van der Waals surface area contributed by atoms with Gasteiger partial charge in [0, 0.05) is 10.9 Å². The average molecular weight is 344 g/mol. The maximum Gasteiger partial charge on any atom is 0.132 e. The fourth-order valence-corrected chi connectivity index (χ4v) is 2.57. The molecule has 0 N–H and O–H groups in total. The molecule has 5 heteroatoms. The van der Waals surface area contributed by atoms with Crippen molar-refractivity contribution >= 4 is 32.7 Å². The summed E-state index contributed by atoms with van der Waals surface area (Å²) < 4.78 is 1.01. The Bertz CT molecular complexity index is 747. The summed E-state index contributed by atoms with van der Waals surface area (Å²) >= 11 is 3.42. The van der Waals surface area contributed by atoms with Gasteiger partial charge in [-0.3, -0.25) is 4.79 Å². The summed E-state index contributed by atoms with van der Waals surface area (Å²) in [6.07, 6.45) is 0.378. The zero-order valence-corrected chi connectivity index (χ0v) is 13.1. The maximum atomic E-state index is 11.6. The van der Waals surface area contributed by atoms with Crippen LogP contribution >= 0.6 is 15.9 Å². The highest BCUT2D eigenvalue weighted by molar-refractivity contribution is 9.10. The molecule has 3 aromatic rings. The Kier molecular flexibility index (Phi) is 3.84. The number of nitrogens with zero attached hydrogens (tertiary/aromatic N) is 3. The van der Waals surface area contributed by atoms with Gasteiger partial charge in [0.25, 0.3) is 0 Å². The summed E-state index contributed by atoms with van der Waals surface area (Å²) in [4.78, 5) is 13.3. The van der Waals surface area contributed by atoms with Gasteiger partial charge in [-0.25, -0.2) is 0 Å². The number of fused-ring (bicyclic) bond motifs is 1. The number of aromatic nitrogens is 3. The molecule has 0 unspecified atom stereocenters. The molecule has 0 radical (unpaired) electrons. The second-order valence-electron chi connectivity index (χ2n) is 4.98. The van der Waals surface area contributed by atoms with Gasteiger partial charge in [-0.1, -0.05) is 40.2 Å². The lowest BCUT2D eigenvalue weighted by atomic mass is 10.0. The second-order valence-corrected chi connectivity index (χ2v) is 5.90. The van der Waals surface area contributed by atoms with Crippen LogP contribution in [0.2, 0.25) is 0 Å². The van der Waals surface area contributed by atoms with E-state index in [0.29, 0.717) is 6.42 Å². The molecule has 0 saturated carbocycles. The van der Waals surface area contributed by atoms with Crippen molar-refractivity contribution in [1.29, 1.82) is 0 Å². The van der Waals surface area contributed by atoms with Gasteiger partial charge < -0.3 is 0 Å². The number of carbonyl (C=O) groups is 1. The van der Waals surface area contributed by atoms with Crippen molar-refractivity contribution in [3.63, 3.8) is 0 Å². The molecule has 1 atom stereocenters. The molecular formula is C16H14BrN3O. The topological polar surface area (TPSA) is 47.8 Å². The van der Waals surface area contributed by atoms with Gasteiger partial charge in [-0.05, 0) is 36.8 Å². The Balaban J connectivity index is 2.05. The minimum absolute atomic E-state index is 0.115. The van der Waals surface area contributed by atoms with Crippen LogP contribution in [0.4, 0.5) is 0 Å². The van der Waals surface area contributed by atoms with E-state index < -0.39 is 0 Å². The third kappa shape index (κ3) is 3.03. The zero-order valence-electron chi connectivity index (χ0n) is 11.5. The first kappa shape index (κ1) is 13.9. The summed E-state index contributed by atoms with van der Waals surface area (Å²) in [6.45, 7) is 1.59. The van der Waals surface area contributed by atoms with Crippen LogP contribution in [0.1, 0.15) is 24.9 Å². The SMILES string of the molecule is CC(=O)C[C@@H](c1ccc(Br)cc1)n1nc2ccccc2n1. The Labute approximate surface area is 130 Å². The highest BCUT2D eigenvalue weighted by atomic mass is 79.9. The van der Waals surface area contributed by atoms with E-state index in [2.05, 4.69) is 26.1 Å². The first-order chi connectivity index (χ1) is 10.1. The molecule has 1 heterocycles. The molecule has 0 aliphatic carbocycles. The normalized spacial score (nSPS) is 12.5. The molecule has 0 amide bonds. The molecule has 0 fully saturated rings. The first-order valence-corrected chi connectivity index (χ1v) is 7.49. The lowest BCUT2D eigenvalue weighted by molar-refractivity contribution is -0.117. The van der Waals surface area contributed by atoms with E-state index in [1.54, 1.807) is 11.7 Å². The molecule has 0 saturated heterocycles. The fraction of sp³-hybridized carbons (Fsp3) is 0.188. The van der Waals surface area contributed by atoms with Gasteiger partial charge in [0.1, 0.15) is 22.9 Å². The van der Waals surface area contributed by atoms with Gasteiger partial charge in [0.05, 0.1) is 0 Å². The molecule has 0 aliphatic rings. The molecule has 4 nitrogen and oxygen atoms in total. The smallest absolute Gasteiger partial charge is 0.132 e. The van der Waals surface area contributed by atoms with Gasteiger partial charge >= 0.3 is 0 Å². The Hall–Kier alpha value is -2.01. The lowest BCUT2D eigenvalue weighted by Crippen LogP contribution is -2.16. The molecule has 2 aromatic carbocycles. The molecule has 3 rings (SSSR count). The number of hydrogen-bond acceptors (Lipinski definition) is 3. The van der Waals surface area contributed by atoms with Crippen molar-refractivity contribution in [2.45, 2.75) is 19.4 Å². The standard InChI is InChI=1S/C16H14BrN3O/c1-11(21)10-16(12-6-8-13(17)9-7-12)20-18-14-4-2-3-5-15(14)19-20/h2-9,16H,10H2,1H3/t16-/m0/s1. The van der Waals surface area contributed by atoms with Crippen molar-refractivity contribution in [3.05, 3.63) is 58.6 Å². The second kappa shape index (κ2) is 5.77. The number of hydrogen-bond donors (Lipinski definition) is 0. The highest BCUT2D eigenvalue weighted by Gasteiger charge is 2.18. The van der Waals surface area contributed by atoms with E-state index in [-0.39, 0.29) is 11.8 Å². The van der Waals surface area contributed by atoms with Gasteiger partial charge in [0.2, 0.25) is 0 Å². The van der Waals surface area contributed by atoms with Gasteiger partial charge in [-0.2, -0.15) is 15.0 Å². The van der Waals surface area contributed by atoms with Crippen LogP contribution in [0.15, 0.2) is 53.0 Å². The minimum atomic E-state index is -0.178. The number of benzene rings is 2. The molecule has 106 valence electrons. The molecule has 0 spiro atoms. The van der Waals surface area contributed by atoms with Crippen LogP contribution in [-0.4, -0.2) is 20.8 Å². The van der Waals surface area contributed by atoms with E-state index in [0.717, 1.165) is 21.1 Å². The zero-order chi connectivity index (χ0) is 14.8. The Morgan fingerprint density at radius 3 is 2.19 bits per heavy atom.